The number of anilines is 1. The molecule has 2 fully saturated rings. The zero-order chi connectivity index (χ0) is 13.6. The Morgan fingerprint density at radius 3 is 2.95 bits per heavy atom. The maximum Gasteiger partial charge on any atom is 0.125 e. The number of ether oxygens (including phenoxy) is 1. The van der Waals surface area contributed by atoms with Crippen molar-refractivity contribution in [2.24, 2.45) is 11.3 Å². The van der Waals surface area contributed by atoms with Gasteiger partial charge in [-0.05, 0) is 37.5 Å². The van der Waals surface area contributed by atoms with Crippen LogP contribution in [0.4, 0.5) is 10.1 Å². The zero-order valence-electron chi connectivity index (χ0n) is 11.9. The largest absolute Gasteiger partial charge is 0.381 e. The van der Waals surface area contributed by atoms with Gasteiger partial charge < -0.3 is 10.1 Å². The van der Waals surface area contributed by atoms with Gasteiger partial charge in [0, 0.05) is 29.7 Å². The Labute approximate surface area is 114 Å². The van der Waals surface area contributed by atoms with Gasteiger partial charge in [0.25, 0.3) is 0 Å². The highest BCUT2D eigenvalue weighted by molar-refractivity contribution is 5.52. The van der Waals surface area contributed by atoms with Crippen molar-refractivity contribution in [1.29, 1.82) is 0 Å². The lowest BCUT2D eigenvalue weighted by molar-refractivity contribution is -0.177. The summed E-state index contributed by atoms with van der Waals surface area (Å²) < 4.78 is 19.3. The van der Waals surface area contributed by atoms with E-state index in [1.165, 1.54) is 12.5 Å². The van der Waals surface area contributed by atoms with Gasteiger partial charge in [-0.3, -0.25) is 0 Å². The summed E-state index contributed by atoms with van der Waals surface area (Å²) in [6, 6.07) is 5.32. The number of hydrogen-bond acceptors (Lipinski definition) is 2. The first-order valence-corrected chi connectivity index (χ1v) is 7.14. The molecular weight excluding hydrogens is 241 g/mol. The zero-order valence-corrected chi connectivity index (χ0v) is 11.9. The van der Waals surface area contributed by atoms with Crippen LogP contribution in [0.15, 0.2) is 18.2 Å². The molecule has 2 aliphatic rings. The van der Waals surface area contributed by atoms with Crippen LogP contribution in [0.3, 0.4) is 0 Å². The van der Waals surface area contributed by atoms with Crippen LogP contribution >= 0.6 is 0 Å². The fourth-order valence-corrected chi connectivity index (χ4v) is 3.73. The molecule has 3 unspecified atom stereocenters. The van der Waals surface area contributed by atoms with Gasteiger partial charge in [-0.25, -0.2) is 4.39 Å². The monoisotopic (exact) mass is 263 g/mol. The molecule has 3 atom stereocenters. The Morgan fingerprint density at radius 2 is 2.16 bits per heavy atom. The SMILES string of the molecule is Cc1ccc(F)cc1NC1C2CCCOC2C1(C)C. The molecule has 0 aromatic heterocycles. The second-order valence-electron chi connectivity index (χ2n) is 6.50. The Morgan fingerprint density at radius 1 is 1.37 bits per heavy atom. The highest BCUT2D eigenvalue weighted by atomic mass is 19.1. The molecule has 104 valence electrons. The summed E-state index contributed by atoms with van der Waals surface area (Å²) in [6.07, 6.45) is 2.70. The maximum absolute atomic E-state index is 13.4. The van der Waals surface area contributed by atoms with Crippen molar-refractivity contribution < 1.29 is 9.13 Å². The van der Waals surface area contributed by atoms with Crippen LogP contribution in [0.1, 0.15) is 32.3 Å². The van der Waals surface area contributed by atoms with Crippen molar-refractivity contribution >= 4 is 5.69 Å². The number of halogens is 1. The molecule has 1 aliphatic carbocycles. The first-order chi connectivity index (χ1) is 9.00. The first-order valence-electron chi connectivity index (χ1n) is 7.14. The van der Waals surface area contributed by atoms with E-state index in [9.17, 15) is 4.39 Å². The molecule has 1 N–H and O–H groups in total. The summed E-state index contributed by atoms with van der Waals surface area (Å²) >= 11 is 0. The first kappa shape index (κ1) is 12.9. The van der Waals surface area contributed by atoms with Crippen LogP contribution in [-0.2, 0) is 4.74 Å². The standard InChI is InChI=1S/C16H22FNO/c1-10-6-7-11(17)9-13(10)18-14-12-5-4-8-19-15(12)16(14,2)3/h6-7,9,12,14-15,18H,4-5,8H2,1-3H3. The molecule has 0 spiro atoms. The number of rotatable bonds is 2. The van der Waals surface area contributed by atoms with E-state index >= 15 is 0 Å². The average Bonchev–Trinajstić information content (AvgIpc) is 2.39. The van der Waals surface area contributed by atoms with E-state index in [1.807, 2.05) is 13.0 Å². The van der Waals surface area contributed by atoms with Crippen molar-refractivity contribution in [1.82, 2.24) is 0 Å². The van der Waals surface area contributed by atoms with Crippen LogP contribution in [-0.4, -0.2) is 18.8 Å². The number of fused-ring (bicyclic) bond motifs is 1. The highest BCUT2D eigenvalue weighted by Crippen LogP contribution is 2.52. The van der Waals surface area contributed by atoms with Crippen LogP contribution < -0.4 is 5.32 Å². The summed E-state index contributed by atoms with van der Waals surface area (Å²) in [5, 5.41) is 3.56. The van der Waals surface area contributed by atoms with E-state index in [-0.39, 0.29) is 11.2 Å². The fourth-order valence-electron chi connectivity index (χ4n) is 3.73. The van der Waals surface area contributed by atoms with Crippen LogP contribution in [0.2, 0.25) is 0 Å². The van der Waals surface area contributed by atoms with E-state index in [0.29, 0.717) is 18.1 Å². The van der Waals surface area contributed by atoms with E-state index < -0.39 is 0 Å². The lowest BCUT2D eigenvalue weighted by Crippen LogP contribution is -2.67. The van der Waals surface area contributed by atoms with Crippen molar-refractivity contribution in [3.05, 3.63) is 29.6 Å². The smallest absolute Gasteiger partial charge is 0.125 e. The minimum absolute atomic E-state index is 0.115. The van der Waals surface area contributed by atoms with Crippen molar-refractivity contribution in [2.75, 3.05) is 11.9 Å². The van der Waals surface area contributed by atoms with Gasteiger partial charge in [-0.2, -0.15) is 0 Å². The molecule has 3 heteroatoms. The third-order valence-electron chi connectivity index (χ3n) is 4.84. The highest BCUT2D eigenvalue weighted by Gasteiger charge is 2.57. The normalized spacial score (nSPS) is 32.3. The minimum Gasteiger partial charge on any atom is -0.381 e. The van der Waals surface area contributed by atoms with E-state index in [0.717, 1.165) is 24.3 Å². The van der Waals surface area contributed by atoms with Crippen molar-refractivity contribution in [3.8, 4) is 0 Å². The Bertz CT molecular complexity index is 486. The number of nitrogens with one attached hydrogen (secondary N) is 1. The summed E-state index contributed by atoms with van der Waals surface area (Å²) in [4.78, 5) is 0. The predicted octanol–water partition coefficient (Wildman–Crippen LogP) is 3.75. The molecule has 1 saturated carbocycles. The Kier molecular flexibility index (Phi) is 3.05. The third kappa shape index (κ3) is 2.04. The van der Waals surface area contributed by atoms with Gasteiger partial charge in [0.05, 0.1) is 6.10 Å². The molecule has 0 amide bonds. The van der Waals surface area contributed by atoms with Gasteiger partial charge in [0.2, 0.25) is 0 Å². The van der Waals surface area contributed by atoms with Crippen molar-refractivity contribution in [3.63, 3.8) is 0 Å². The summed E-state index contributed by atoms with van der Waals surface area (Å²) in [5.74, 6) is 0.382. The quantitative estimate of drug-likeness (QED) is 0.877. The number of aryl methyl sites for hydroxylation is 1. The van der Waals surface area contributed by atoms with Crippen LogP contribution in [0, 0.1) is 24.1 Å². The second-order valence-corrected chi connectivity index (χ2v) is 6.50. The minimum atomic E-state index is -0.179. The van der Waals surface area contributed by atoms with Crippen LogP contribution in [0.25, 0.3) is 0 Å². The van der Waals surface area contributed by atoms with E-state index in [2.05, 4.69) is 19.2 Å². The molecule has 1 heterocycles. The average molecular weight is 263 g/mol. The lowest BCUT2D eigenvalue weighted by atomic mass is 9.55. The molecule has 0 radical (unpaired) electrons. The van der Waals surface area contributed by atoms with Gasteiger partial charge in [0.1, 0.15) is 5.82 Å². The number of hydrogen-bond donors (Lipinski definition) is 1. The van der Waals surface area contributed by atoms with Crippen molar-refractivity contribution in [2.45, 2.75) is 45.8 Å². The van der Waals surface area contributed by atoms with Gasteiger partial charge in [0.15, 0.2) is 0 Å². The topological polar surface area (TPSA) is 21.3 Å². The predicted molar refractivity (Wildman–Crippen MR) is 74.8 cm³/mol. The van der Waals surface area contributed by atoms with E-state index in [1.54, 1.807) is 6.07 Å². The summed E-state index contributed by atoms with van der Waals surface area (Å²) in [5.41, 5.74) is 2.13. The van der Waals surface area contributed by atoms with E-state index in [4.69, 9.17) is 4.74 Å². The lowest BCUT2D eigenvalue weighted by Gasteiger charge is -2.60. The second kappa shape index (κ2) is 4.48. The number of benzene rings is 1. The third-order valence-corrected chi connectivity index (χ3v) is 4.84. The van der Waals surface area contributed by atoms with Gasteiger partial charge in [-0.15, -0.1) is 0 Å². The maximum atomic E-state index is 13.4. The molecule has 1 aliphatic heterocycles. The molecule has 1 aromatic carbocycles. The Hall–Kier alpha value is -1.09. The molecule has 1 aromatic rings. The fraction of sp³-hybridized carbons (Fsp3) is 0.625. The van der Waals surface area contributed by atoms with Crippen LogP contribution in [0.5, 0.6) is 0 Å². The molecule has 19 heavy (non-hydrogen) atoms. The molecule has 1 saturated heterocycles. The molecular formula is C16H22FNO. The molecule has 0 bridgehead atoms. The van der Waals surface area contributed by atoms with Gasteiger partial charge >= 0.3 is 0 Å². The molecule has 2 nitrogen and oxygen atoms in total. The molecule has 3 rings (SSSR count). The van der Waals surface area contributed by atoms with Gasteiger partial charge in [-0.1, -0.05) is 19.9 Å². The Balaban J connectivity index is 1.81. The summed E-state index contributed by atoms with van der Waals surface area (Å²) in [6.45, 7) is 7.39. The summed E-state index contributed by atoms with van der Waals surface area (Å²) in [7, 11) is 0.